The van der Waals surface area contributed by atoms with Gasteiger partial charge in [0.05, 0.1) is 6.04 Å². The summed E-state index contributed by atoms with van der Waals surface area (Å²) in [5, 5.41) is 3.64. The zero-order valence-corrected chi connectivity index (χ0v) is 15.7. The molecule has 0 saturated carbocycles. The molecule has 1 saturated heterocycles. The van der Waals surface area contributed by atoms with Crippen molar-refractivity contribution in [2.24, 2.45) is 0 Å². The molecule has 2 aromatic carbocycles. The molecule has 27 heavy (non-hydrogen) atoms. The minimum absolute atomic E-state index is 0.337. The smallest absolute Gasteiger partial charge is 0.0604 e. The van der Waals surface area contributed by atoms with Gasteiger partial charge in [-0.3, -0.25) is 9.88 Å². The lowest BCUT2D eigenvalue weighted by Gasteiger charge is -2.46. The highest BCUT2D eigenvalue weighted by Crippen LogP contribution is 2.35. The van der Waals surface area contributed by atoms with Crippen LogP contribution in [0.3, 0.4) is 0 Å². The molecule has 3 heteroatoms. The zero-order valence-electron chi connectivity index (χ0n) is 15.7. The van der Waals surface area contributed by atoms with Gasteiger partial charge in [0.15, 0.2) is 0 Å². The van der Waals surface area contributed by atoms with Gasteiger partial charge in [-0.15, -0.1) is 0 Å². The van der Waals surface area contributed by atoms with E-state index in [2.05, 4.69) is 88.0 Å². The van der Waals surface area contributed by atoms with Crippen LogP contribution in [0.25, 0.3) is 0 Å². The SMILES string of the molecule is c1ccc(C(c2ccccc2)N2CCC2CNCCc2ccccn2)cc1. The molecule has 138 valence electrons. The molecule has 0 aliphatic carbocycles. The lowest BCUT2D eigenvalue weighted by molar-refractivity contribution is 0.0573. The third kappa shape index (κ3) is 4.44. The first-order valence-corrected chi connectivity index (χ1v) is 9.88. The maximum atomic E-state index is 4.40. The minimum Gasteiger partial charge on any atom is -0.315 e. The van der Waals surface area contributed by atoms with Crippen molar-refractivity contribution in [2.45, 2.75) is 24.9 Å². The molecule has 3 aromatic rings. The molecular formula is C24H27N3. The average molecular weight is 358 g/mol. The third-order valence-electron chi connectivity index (χ3n) is 5.42. The molecule has 0 bridgehead atoms. The Morgan fingerprint density at radius 1 is 0.889 bits per heavy atom. The van der Waals surface area contributed by atoms with E-state index < -0.39 is 0 Å². The fourth-order valence-corrected chi connectivity index (χ4v) is 3.90. The van der Waals surface area contributed by atoms with Gasteiger partial charge in [-0.05, 0) is 29.7 Å². The van der Waals surface area contributed by atoms with E-state index in [0.29, 0.717) is 12.1 Å². The lowest BCUT2D eigenvalue weighted by atomic mass is 9.90. The summed E-state index contributed by atoms with van der Waals surface area (Å²) in [6, 6.07) is 28.8. The van der Waals surface area contributed by atoms with E-state index in [1.54, 1.807) is 0 Å². The van der Waals surface area contributed by atoms with E-state index in [4.69, 9.17) is 0 Å². The second-order valence-corrected chi connectivity index (χ2v) is 7.18. The number of hydrogen-bond acceptors (Lipinski definition) is 3. The Kier molecular flexibility index (Phi) is 5.92. The predicted octanol–water partition coefficient (Wildman–Crippen LogP) is 4.08. The Balaban J connectivity index is 1.39. The maximum absolute atomic E-state index is 4.40. The van der Waals surface area contributed by atoms with E-state index in [0.717, 1.165) is 31.7 Å². The van der Waals surface area contributed by atoms with Gasteiger partial charge < -0.3 is 5.32 Å². The summed E-state index contributed by atoms with van der Waals surface area (Å²) in [5.41, 5.74) is 3.91. The minimum atomic E-state index is 0.337. The molecule has 1 aromatic heterocycles. The van der Waals surface area contributed by atoms with E-state index in [1.165, 1.54) is 17.5 Å². The number of rotatable bonds is 8. The average Bonchev–Trinajstić information content (AvgIpc) is 2.73. The van der Waals surface area contributed by atoms with Crippen molar-refractivity contribution in [1.29, 1.82) is 0 Å². The second-order valence-electron chi connectivity index (χ2n) is 7.18. The highest BCUT2D eigenvalue weighted by Gasteiger charge is 2.34. The van der Waals surface area contributed by atoms with Gasteiger partial charge in [0.25, 0.3) is 0 Å². The highest BCUT2D eigenvalue weighted by atomic mass is 15.3. The van der Waals surface area contributed by atoms with Crippen LogP contribution in [0.1, 0.15) is 29.3 Å². The van der Waals surface area contributed by atoms with E-state index in [1.807, 2.05) is 12.3 Å². The van der Waals surface area contributed by atoms with Crippen LogP contribution in [0.2, 0.25) is 0 Å². The van der Waals surface area contributed by atoms with Crippen molar-refractivity contribution < 1.29 is 0 Å². The molecular weight excluding hydrogens is 330 g/mol. The quantitative estimate of drug-likeness (QED) is 0.616. The summed E-state index contributed by atoms with van der Waals surface area (Å²) in [5.74, 6) is 0. The van der Waals surface area contributed by atoms with Crippen LogP contribution >= 0.6 is 0 Å². The number of nitrogens with one attached hydrogen (secondary N) is 1. The monoisotopic (exact) mass is 357 g/mol. The van der Waals surface area contributed by atoms with Gasteiger partial charge >= 0.3 is 0 Å². The first kappa shape index (κ1) is 17.9. The molecule has 2 heterocycles. The molecule has 1 atom stereocenters. The van der Waals surface area contributed by atoms with Crippen LogP contribution in [-0.4, -0.2) is 35.6 Å². The van der Waals surface area contributed by atoms with Crippen molar-refractivity contribution in [2.75, 3.05) is 19.6 Å². The first-order valence-electron chi connectivity index (χ1n) is 9.88. The Morgan fingerprint density at radius 3 is 2.11 bits per heavy atom. The fraction of sp³-hybridized carbons (Fsp3) is 0.292. The molecule has 0 spiro atoms. The Morgan fingerprint density at radius 2 is 1.56 bits per heavy atom. The molecule has 1 N–H and O–H groups in total. The van der Waals surface area contributed by atoms with Crippen molar-refractivity contribution in [3.05, 3.63) is 102 Å². The number of nitrogens with zero attached hydrogens (tertiary/aromatic N) is 2. The Bertz CT molecular complexity index is 765. The summed E-state index contributed by atoms with van der Waals surface area (Å²) < 4.78 is 0. The van der Waals surface area contributed by atoms with Crippen LogP contribution in [0.15, 0.2) is 85.1 Å². The van der Waals surface area contributed by atoms with Crippen molar-refractivity contribution >= 4 is 0 Å². The molecule has 0 amide bonds. The van der Waals surface area contributed by atoms with Crippen LogP contribution in [-0.2, 0) is 6.42 Å². The maximum Gasteiger partial charge on any atom is 0.0604 e. The summed E-state index contributed by atoms with van der Waals surface area (Å²) >= 11 is 0. The van der Waals surface area contributed by atoms with Crippen molar-refractivity contribution in [1.82, 2.24) is 15.2 Å². The molecule has 1 fully saturated rings. The summed E-state index contributed by atoms with van der Waals surface area (Å²) in [6.45, 7) is 3.16. The van der Waals surface area contributed by atoms with Crippen LogP contribution < -0.4 is 5.32 Å². The molecule has 3 nitrogen and oxygen atoms in total. The number of hydrogen-bond donors (Lipinski definition) is 1. The van der Waals surface area contributed by atoms with Gasteiger partial charge in [0, 0.05) is 44.0 Å². The lowest BCUT2D eigenvalue weighted by Crippen LogP contribution is -2.54. The third-order valence-corrected chi connectivity index (χ3v) is 5.42. The molecule has 4 rings (SSSR count). The highest BCUT2D eigenvalue weighted by molar-refractivity contribution is 5.32. The number of pyridine rings is 1. The number of likely N-dealkylation sites (tertiary alicyclic amines) is 1. The van der Waals surface area contributed by atoms with Crippen LogP contribution in [0, 0.1) is 0 Å². The van der Waals surface area contributed by atoms with Crippen LogP contribution in [0.4, 0.5) is 0 Å². The first-order chi connectivity index (χ1) is 13.4. The van der Waals surface area contributed by atoms with Crippen molar-refractivity contribution in [3.63, 3.8) is 0 Å². The summed E-state index contributed by atoms with van der Waals surface area (Å²) in [6.07, 6.45) is 4.11. The largest absolute Gasteiger partial charge is 0.315 e. The molecule has 1 unspecified atom stereocenters. The van der Waals surface area contributed by atoms with Gasteiger partial charge in [0.2, 0.25) is 0 Å². The molecule has 1 aliphatic rings. The predicted molar refractivity (Wildman–Crippen MR) is 111 cm³/mol. The van der Waals surface area contributed by atoms with Crippen molar-refractivity contribution in [3.8, 4) is 0 Å². The van der Waals surface area contributed by atoms with Gasteiger partial charge in [-0.2, -0.15) is 0 Å². The molecule has 1 aliphatic heterocycles. The summed E-state index contributed by atoms with van der Waals surface area (Å²) in [4.78, 5) is 7.04. The second kappa shape index (κ2) is 8.94. The number of benzene rings is 2. The normalized spacial score (nSPS) is 17.0. The van der Waals surface area contributed by atoms with Gasteiger partial charge in [0.1, 0.15) is 0 Å². The molecule has 0 radical (unpaired) electrons. The Hall–Kier alpha value is -2.49. The van der Waals surface area contributed by atoms with Gasteiger partial charge in [-0.1, -0.05) is 66.7 Å². The topological polar surface area (TPSA) is 28.2 Å². The van der Waals surface area contributed by atoms with E-state index in [9.17, 15) is 0 Å². The Labute approximate surface area is 162 Å². The fourth-order valence-electron chi connectivity index (χ4n) is 3.90. The van der Waals surface area contributed by atoms with Crippen LogP contribution in [0.5, 0.6) is 0 Å². The number of aromatic nitrogens is 1. The van der Waals surface area contributed by atoms with Gasteiger partial charge in [-0.25, -0.2) is 0 Å². The van der Waals surface area contributed by atoms with E-state index >= 15 is 0 Å². The zero-order chi connectivity index (χ0) is 18.3. The standard InChI is InChI=1S/C24H27N3/c1-3-9-20(10-4-1)24(21-11-5-2-6-12-21)27-18-15-23(27)19-25-17-14-22-13-7-8-16-26-22/h1-13,16,23-25H,14-15,17-19H2. The summed E-state index contributed by atoms with van der Waals surface area (Å²) in [7, 11) is 0. The van der Waals surface area contributed by atoms with E-state index in [-0.39, 0.29) is 0 Å².